The lowest BCUT2D eigenvalue weighted by Gasteiger charge is -2.12. The number of nitrogens with zero attached hydrogens (tertiary/aromatic N) is 3. The van der Waals surface area contributed by atoms with Gasteiger partial charge in [-0.25, -0.2) is 0 Å². The van der Waals surface area contributed by atoms with Crippen molar-refractivity contribution in [3.8, 4) is 11.5 Å². The first-order chi connectivity index (χ1) is 9.10. The highest BCUT2D eigenvalue weighted by Gasteiger charge is 2.13. The number of anilines is 1. The molecule has 0 unspecified atom stereocenters. The lowest BCUT2D eigenvalue weighted by molar-refractivity contribution is 0.174. The van der Waals surface area contributed by atoms with E-state index in [9.17, 15) is 0 Å². The van der Waals surface area contributed by atoms with Crippen LogP contribution < -0.4 is 20.5 Å². The van der Waals surface area contributed by atoms with E-state index in [4.69, 9.17) is 15.2 Å². The van der Waals surface area contributed by atoms with Gasteiger partial charge in [0.25, 0.3) is 0 Å². The Kier molecular flexibility index (Phi) is 5.45. The summed E-state index contributed by atoms with van der Waals surface area (Å²) in [4.78, 5) is 9.96. The maximum Gasteiger partial charge on any atom is 0.231 e. The third-order valence-electron chi connectivity index (χ3n) is 2.47. The molecule has 3 N–H and O–H groups in total. The molecule has 0 aromatic heterocycles. The first-order valence-corrected chi connectivity index (χ1v) is 5.75. The molecule has 0 radical (unpaired) electrons. The maximum atomic E-state index is 5.82. The molecule has 0 atom stereocenters. The number of nitrogens with two attached hydrogens (primary N) is 1. The summed E-state index contributed by atoms with van der Waals surface area (Å²) >= 11 is 0. The van der Waals surface area contributed by atoms with Gasteiger partial charge in [0.1, 0.15) is 0 Å². The molecular weight excluding hydrogens is 282 g/mol. The third-order valence-corrected chi connectivity index (χ3v) is 2.47. The number of hydrogen-bond acceptors (Lipinski definition) is 3. The van der Waals surface area contributed by atoms with Crippen molar-refractivity contribution in [3.63, 3.8) is 0 Å². The van der Waals surface area contributed by atoms with Gasteiger partial charge in [0.2, 0.25) is 18.7 Å². The highest BCUT2D eigenvalue weighted by molar-refractivity contribution is 6.01. The minimum Gasteiger partial charge on any atom is -0.454 e. The molecular formula is C12H18ClN5O2. The first kappa shape index (κ1) is 15.9. The van der Waals surface area contributed by atoms with Gasteiger partial charge in [-0.2, -0.15) is 4.99 Å². The van der Waals surface area contributed by atoms with Gasteiger partial charge in [-0.3, -0.25) is 4.99 Å². The minimum absolute atomic E-state index is 0. The van der Waals surface area contributed by atoms with Crippen molar-refractivity contribution < 1.29 is 9.47 Å². The Balaban J connectivity index is 0.00000200. The molecule has 0 aliphatic carbocycles. The molecule has 1 aromatic rings. The van der Waals surface area contributed by atoms with Gasteiger partial charge in [-0.1, -0.05) is 0 Å². The topological polar surface area (TPSA) is 84.5 Å². The molecule has 7 nitrogen and oxygen atoms in total. The van der Waals surface area contributed by atoms with Crippen LogP contribution in [0.15, 0.2) is 28.2 Å². The van der Waals surface area contributed by atoms with Crippen molar-refractivity contribution in [1.29, 1.82) is 0 Å². The largest absolute Gasteiger partial charge is 0.454 e. The van der Waals surface area contributed by atoms with Crippen molar-refractivity contribution in [2.75, 3.05) is 33.3 Å². The van der Waals surface area contributed by atoms with Crippen molar-refractivity contribution in [2.45, 2.75) is 0 Å². The number of rotatable bonds is 1. The second-order valence-electron chi connectivity index (χ2n) is 4.11. The zero-order valence-corrected chi connectivity index (χ0v) is 12.4. The van der Waals surface area contributed by atoms with Crippen LogP contribution >= 0.6 is 12.4 Å². The van der Waals surface area contributed by atoms with E-state index in [1.807, 2.05) is 32.3 Å². The Bertz CT molecular complexity index is 531. The maximum absolute atomic E-state index is 5.82. The van der Waals surface area contributed by atoms with E-state index in [1.54, 1.807) is 11.9 Å². The number of ether oxygens (including phenoxy) is 2. The van der Waals surface area contributed by atoms with Gasteiger partial charge in [0.05, 0.1) is 0 Å². The molecule has 0 saturated heterocycles. The van der Waals surface area contributed by atoms with Crippen LogP contribution in [-0.2, 0) is 0 Å². The number of guanidine groups is 2. The van der Waals surface area contributed by atoms with Gasteiger partial charge < -0.3 is 25.4 Å². The molecule has 0 amide bonds. The van der Waals surface area contributed by atoms with E-state index in [-0.39, 0.29) is 25.2 Å². The summed E-state index contributed by atoms with van der Waals surface area (Å²) in [6.07, 6.45) is 0. The molecule has 0 saturated carbocycles. The molecule has 0 fully saturated rings. The number of nitrogens with one attached hydrogen (secondary N) is 1. The number of halogens is 1. The second-order valence-corrected chi connectivity index (χ2v) is 4.11. The van der Waals surface area contributed by atoms with Crippen LogP contribution in [0.2, 0.25) is 0 Å². The summed E-state index contributed by atoms with van der Waals surface area (Å²) in [6.45, 7) is 0.246. The Morgan fingerprint density at radius 1 is 1.30 bits per heavy atom. The third kappa shape index (κ3) is 3.67. The van der Waals surface area contributed by atoms with Crippen molar-refractivity contribution in [2.24, 2.45) is 15.7 Å². The number of hydrogen-bond donors (Lipinski definition) is 2. The molecule has 0 bridgehead atoms. The Labute approximate surface area is 123 Å². The molecule has 2 rings (SSSR count). The van der Waals surface area contributed by atoms with Crippen molar-refractivity contribution in [1.82, 2.24) is 4.90 Å². The van der Waals surface area contributed by atoms with Crippen molar-refractivity contribution >= 4 is 30.0 Å². The smallest absolute Gasteiger partial charge is 0.231 e. The van der Waals surface area contributed by atoms with Crippen LogP contribution in [0.3, 0.4) is 0 Å². The Morgan fingerprint density at radius 3 is 2.65 bits per heavy atom. The molecule has 1 aliphatic heterocycles. The predicted molar refractivity (Wildman–Crippen MR) is 82.1 cm³/mol. The Morgan fingerprint density at radius 2 is 2.00 bits per heavy atom. The summed E-state index contributed by atoms with van der Waals surface area (Å²) in [5.74, 6) is 2.21. The average molecular weight is 300 g/mol. The van der Waals surface area contributed by atoms with E-state index in [2.05, 4.69) is 15.3 Å². The highest BCUT2D eigenvalue weighted by atomic mass is 35.5. The van der Waals surface area contributed by atoms with Crippen LogP contribution in [0.4, 0.5) is 5.69 Å². The van der Waals surface area contributed by atoms with Crippen molar-refractivity contribution in [3.05, 3.63) is 18.2 Å². The van der Waals surface area contributed by atoms with Crippen LogP contribution in [0.25, 0.3) is 0 Å². The molecule has 1 aromatic carbocycles. The van der Waals surface area contributed by atoms with Gasteiger partial charge in [-0.05, 0) is 12.1 Å². The van der Waals surface area contributed by atoms with Crippen LogP contribution in [0.1, 0.15) is 0 Å². The van der Waals surface area contributed by atoms with E-state index in [0.29, 0.717) is 11.7 Å². The van der Waals surface area contributed by atoms with Gasteiger partial charge in [0.15, 0.2) is 11.5 Å². The summed E-state index contributed by atoms with van der Waals surface area (Å²) in [5.41, 5.74) is 6.60. The lowest BCUT2D eigenvalue weighted by atomic mass is 10.3. The molecule has 1 aliphatic rings. The van der Waals surface area contributed by atoms with Gasteiger partial charge in [0, 0.05) is 32.9 Å². The monoisotopic (exact) mass is 299 g/mol. The molecule has 0 spiro atoms. The van der Waals surface area contributed by atoms with E-state index >= 15 is 0 Å². The summed E-state index contributed by atoms with van der Waals surface area (Å²) < 4.78 is 10.5. The summed E-state index contributed by atoms with van der Waals surface area (Å²) in [5, 5.41) is 2.98. The number of aliphatic imine (C=N–C) groups is 2. The fraction of sp³-hybridized carbons (Fsp3) is 0.333. The molecule has 8 heteroatoms. The molecule has 1 heterocycles. The quantitative estimate of drug-likeness (QED) is 0.599. The molecule has 110 valence electrons. The van der Waals surface area contributed by atoms with E-state index in [0.717, 1.165) is 11.4 Å². The van der Waals surface area contributed by atoms with E-state index < -0.39 is 0 Å². The predicted octanol–water partition coefficient (Wildman–Crippen LogP) is 1.11. The highest BCUT2D eigenvalue weighted by Crippen LogP contribution is 2.34. The lowest BCUT2D eigenvalue weighted by Crippen LogP contribution is -2.28. The minimum atomic E-state index is 0. The molecule has 20 heavy (non-hydrogen) atoms. The Hall–Kier alpha value is -2.15. The number of fused-ring (bicyclic) bond motifs is 1. The fourth-order valence-corrected chi connectivity index (χ4v) is 1.61. The zero-order valence-electron chi connectivity index (χ0n) is 11.6. The normalized spacial score (nSPS) is 13.8. The summed E-state index contributed by atoms with van der Waals surface area (Å²) in [6, 6.07) is 5.47. The first-order valence-electron chi connectivity index (χ1n) is 5.75. The van der Waals surface area contributed by atoms with Crippen LogP contribution in [0, 0.1) is 0 Å². The van der Waals surface area contributed by atoms with Crippen LogP contribution in [-0.4, -0.2) is 44.8 Å². The van der Waals surface area contributed by atoms with Gasteiger partial charge in [-0.15, -0.1) is 12.4 Å². The standard InChI is InChI=1S/C12H17N5O2.ClH/c1-14-12(17(2)3)16-11(13)15-8-4-5-9-10(6-8)19-7-18-9;/h4-6H,7H2,1-3H3,(H3,13,14,15,16);1H. The van der Waals surface area contributed by atoms with Gasteiger partial charge >= 0.3 is 0 Å². The second kappa shape index (κ2) is 6.85. The van der Waals surface area contributed by atoms with E-state index in [1.165, 1.54) is 0 Å². The number of benzene rings is 1. The SMILES string of the molecule is CN=C(N=C(N)Nc1ccc2c(c1)OCO2)N(C)C.Cl. The fourth-order valence-electron chi connectivity index (χ4n) is 1.61. The zero-order chi connectivity index (χ0) is 13.8. The van der Waals surface area contributed by atoms with Crippen LogP contribution in [0.5, 0.6) is 11.5 Å². The summed E-state index contributed by atoms with van der Waals surface area (Å²) in [7, 11) is 5.35. The average Bonchev–Trinajstić information content (AvgIpc) is 2.82.